The Morgan fingerprint density at radius 3 is 2.43 bits per heavy atom. The van der Waals surface area contributed by atoms with Crippen molar-refractivity contribution in [1.82, 2.24) is 9.62 Å². The summed E-state index contributed by atoms with van der Waals surface area (Å²) in [5.41, 5.74) is 6.48. The summed E-state index contributed by atoms with van der Waals surface area (Å²) >= 11 is 5.91. The Morgan fingerprint density at radius 1 is 1.33 bits per heavy atom. The normalized spacial score (nSPS) is 12.9. The molecule has 0 saturated heterocycles. The minimum absolute atomic E-state index is 0.133. The maximum atomic E-state index is 12.5. The Morgan fingerprint density at radius 2 is 1.90 bits per heavy atom. The van der Waals surface area contributed by atoms with Crippen LogP contribution in [-0.2, 0) is 10.0 Å². The minimum atomic E-state index is -3.64. The molecule has 0 aliphatic heterocycles. The van der Waals surface area contributed by atoms with Crippen molar-refractivity contribution in [3.8, 4) is 0 Å². The van der Waals surface area contributed by atoms with Crippen molar-refractivity contribution >= 4 is 27.3 Å². The van der Waals surface area contributed by atoms with Crippen molar-refractivity contribution in [2.24, 2.45) is 5.41 Å². The number of nitrogens with two attached hydrogens (primary N) is 1. The third kappa shape index (κ3) is 5.14. The second kappa shape index (κ2) is 6.52. The molecule has 0 amide bonds. The zero-order valence-electron chi connectivity index (χ0n) is 13.2. The third-order valence-corrected chi connectivity index (χ3v) is 4.89. The predicted octanol–water partition coefficient (Wildman–Crippen LogP) is 2.10. The Labute approximate surface area is 132 Å². The molecule has 1 aromatic carbocycles. The van der Waals surface area contributed by atoms with Crippen LogP contribution in [-0.4, -0.2) is 40.5 Å². The molecule has 0 aromatic heterocycles. The number of hydrogen-bond donors (Lipinski definition) is 2. The van der Waals surface area contributed by atoms with E-state index in [1.54, 1.807) is 13.0 Å². The molecule has 3 N–H and O–H groups in total. The van der Waals surface area contributed by atoms with E-state index in [0.29, 0.717) is 22.8 Å². The first-order valence-corrected chi connectivity index (χ1v) is 8.51. The largest absolute Gasteiger partial charge is 0.398 e. The fourth-order valence-corrected chi connectivity index (χ4v) is 4.06. The van der Waals surface area contributed by atoms with Gasteiger partial charge in [-0.3, -0.25) is 0 Å². The summed E-state index contributed by atoms with van der Waals surface area (Å²) < 4.78 is 27.5. The second-order valence-corrected chi connectivity index (χ2v) is 8.52. The number of nitrogens with one attached hydrogen (secondary N) is 1. The topological polar surface area (TPSA) is 75.4 Å². The average Bonchev–Trinajstić information content (AvgIpc) is 2.30. The van der Waals surface area contributed by atoms with Crippen LogP contribution in [0.4, 0.5) is 5.69 Å². The SMILES string of the molecule is Cc1c(N)cc(Cl)cc1S(=O)(=O)NCC(C)(C)CN(C)C. The van der Waals surface area contributed by atoms with Crippen LogP contribution >= 0.6 is 11.6 Å². The van der Waals surface area contributed by atoms with E-state index in [-0.39, 0.29) is 10.3 Å². The number of nitrogen functional groups attached to an aromatic ring is 1. The van der Waals surface area contributed by atoms with E-state index in [1.807, 2.05) is 32.8 Å². The van der Waals surface area contributed by atoms with Crippen LogP contribution in [0, 0.1) is 12.3 Å². The molecule has 0 aliphatic rings. The molecule has 5 nitrogen and oxygen atoms in total. The van der Waals surface area contributed by atoms with Crippen molar-refractivity contribution in [2.75, 3.05) is 32.9 Å². The van der Waals surface area contributed by atoms with E-state index in [9.17, 15) is 8.42 Å². The van der Waals surface area contributed by atoms with Crippen LogP contribution in [0.25, 0.3) is 0 Å². The van der Waals surface area contributed by atoms with Gasteiger partial charge in [0.2, 0.25) is 10.0 Å². The van der Waals surface area contributed by atoms with E-state index < -0.39 is 10.0 Å². The summed E-state index contributed by atoms with van der Waals surface area (Å²) in [6, 6.07) is 2.97. The van der Waals surface area contributed by atoms with Crippen LogP contribution in [0.2, 0.25) is 5.02 Å². The van der Waals surface area contributed by atoms with Gasteiger partial charge in [-0.15, -0.1) is 0 Å². The summed E-state index contributed by atoms with van der Waals surface area (Å²) in [6.45, 7) is 6.79. The average molecular weight is 334 g/mol. The predicted molar refractivity (Wildman–Crippen MR) is 88.1 cm³/mol. The van der Waals surface area contributed by atoms with Crippen LogP contribution < -0.4 is 10.5 Å². The van der Waals surface area contributed by atoms with Crippen LogP contribution in [0.15, 0.2) is 17.0 Å². The summed E-state index contributed by atoms with van der Waals surface area (Å²) in [7, 11) is 0.275. The highest BCUT2D eigenvalue weighted by Crippen LogP contribution is 2.26. The molecule has 1 aromatic rings. The van der Waals surface area contributed by atoms with Gasteiger partial charge < -0.3 is 10.6 Å². The lowest BCUT2D eigenvalue weighted by molar-refractivity contribution is 0.242. The van der Waals surface area contributed by atoms with Gasteiger partial charge in [-0.25, -0.2) is 13.1 Å². The lowest BCUT2D eigenvalue weighted by atomic mass is 9.93. The number of nitrogens with zero attached hydrogens (tertiary/aromatic N) is 1. The highest BCUT2D eigenvalue weighted by Gasteiger charge is 2.24. The zero-order valence-corrected chi connectivity index (χ0v) is 14.8. The molecule has 0 fully saturated rings. The zero-order chi connectivity index (χ0) is 16.4. The van der Waals surface area contributed by atoms with E-state index in [1.165, 1.54) is 6.07 Å². The van der Waals surface area contributed by atoms with Gasteiger partial charge in [0.1, 0.15) is 0 Å². The van der Waals surface area contributed by atoms with Crippen LogP contribution in [0.3, 0.4) is 0 Å². The third-order valence-electron chi connectivity index (χ3n) is 3.14. The molecule has 1 rings (SSSR count). The first-order valence-electron chi connectivity index (χ1n) is 6.65. The van der Waals surface area contributed by atoms with Crippen LogP contribution in [0.5, 0.6) is 0 Å². The van der Waals surface area contributed by atoms with E-state index in [0.717, 1.165) is 6.54 Å². The molecular formula is C14H24ClN3O2S. The smallest absolute Gasteiger partial charge is 0.240 e. The number of halogens is 1. The molecule has 0 spiro atoms. The quantitative estimate of drug-likeness (QED) is 0.782. The second-order valence-electron chi connectivity index (χ2n) is 6.34. The fourth-order valence-electron chi connectivity index (χ4n) is 2.23. The Balaban J connectivity index is 2.98. The standard InChI is InChI=1S/C14H24ClN3O2S/c1-10-12(16)6-11(15)7-13(10)21(19,20)17-8-14(2,3)9-18(4)5/h6-7,17H,8-9,16H2,1-5H3. The highest BCUT2D eigenvalue weighted by molar-refractivity contribution is 7.89. The molecule has 0 bridgehead atoms. The molecule has 0 aliphatic carbocycles. The Hall–Kier alpha value is -0.820. The van der Waals surface area contributed by atoms with Gasteiger partial charge in [0.05, 0.1) is 4.90 Å². The number of sulfonamides is 1. The van der Waals surface area contributed by atoms with E-state index >= 15 is 0 Å². The molecule has 0 radical (unpaired) electrons. The van der Waals surface area contributed by atoms with Gasteiger partial charge in [0, 0.05) is 23.8 Å². The van der Waals surface area contributed by atoms with Gasteiger partial charge in [-0.2, -0.15) is 0 Å². The minimum Gasteiger partial charge on any atom is -0.398 e. The maximum absolute atomic E-state index is 12.5. The molecule has 0 heterocycles. The van der Waals surface area contributed by atoms with Crippen molar-refractivity contribution in [2.45, 2.75) is 25.7 Å². The summed E-state index contributed by atoms with van der Waals surface area (Å²) in [5.74, 6) is 0. The molecule has 0 atom stereocenters. The summed E-state index contributed by atoms with van der Waals surface area (Å²) in [4.78, 5) is 2.16. The summed E-state index contributed by atoms with van der Waals surface area (Å²) in [5, 5.41) is 0.311. The Kier molecular flexibility index (Phi) is 5.66. The monoisotopic (exact) mass is 333 g/mol. The molecule has 120 valence electrons. The van der Waals surface area contributed by atoms with Crippen LogP contribution in [0.1, 0.15) is 19.4 Å². The van der Waals surface area contributed by atoms with E-state index in [4.69, 9.17) is 17.3 Å². The first kappa shape index (κ1) is 18.2. The molecule has 21 heavy (non-hydrogen) atoms. The maximum Gasteiger partial charge on any atom is 0.240 e. The molecule has 0 saturated carbocycles. The fraction of sp³-hybridized carbons (Fsp3) is 0.571. The number of hydrogen-bond acceptors (Lipinski definition) is 4. The highest BCUT2D eigenvalue weighted by atomic mass is 35.5. The number of rotatable bonds is 6. The van der Waals surface area contributed by atoms with Gasteiger partial charge in [-0.05, 0) is 44.1 Å². The Bertz CT molecular complexity index is 613. The van der Waals surface area contributed by atoms with Gasteiger partial charge in [-0.1, -0.05) is 25.4 Å². The van der Waals surface area contributed by atoms with E-state index in [2.05, 4.69) is 4.72 Å². The van der Waals surface area contributed by atoms with Crippen molar-refractivity contribution in [1.29, 1.82) is 0 Å². The van der Waals surface area contributed by atoms with Gasteiger partial charge in [0.15, 0.2) is 0 Å². The molecule has 0 unspecified atom stereocenters. The lowest BCUT2D eigenvalue weighted by Gasteiger charge is -2.28. The first-order chi connectivity index (χ1) is 9.44. The van der Waals surface area contributed by atoms with Gasteiger partial charge >= 0.3 is 0 Å². The number of benzene rings is 1. The number of anilines is 1. The molecular weight excluding hydrogens is 310 g/mol. The van der Waals surface area contributed by atoms with Crippen molar-refractivity contribution in [3.63, 3.8) is 0 Å². The van der Waals surface area contributed by atoms with Crippen molar-refractivity contribution in [3.05, 3.63) is 22.7 Å². The van der Waals surface area contributed by atoms with Gasteiger partial charge in [0.25, 0.3) is 0 Å². The summed E-state index contributed by atoms with van der Waals surface area (Å²) in [6.07, 6.45) is 0. The molecule has 7 heteroatoms. The van der Waals surface area contributed by atoms with Crippen molar-refractivity contribution < 1.29 is 8.42 Å². The lowest BCUT2D eigenvalue weighted by Crippen LogP contribution is -2.40.